The average molecular weight is 261 g/mol. The maximum atomic E-state index is 12.4. The molecule has 0 radical (unpaired) electrons. The Morgan fingerprint density at radius 1 is 1.29 bits per heavy atom. The van der Waals surface area contributed by atoms with E-state index in [1.807, 2.05) is 13.0 Å². The second-order valence-electron chi connectivity index (χ2n) is 3.48. The number of nitrogens with two attached hydrogens (primary N) is 1. The summed E-state index contributed by atoms with van der Waals surface area (Å²) in [4.78, 5) is 0. The number of hydrogen-bond acceptors (Lipinski definition) is 5. The first-order valence-electron chi connectivity index (χ1n) is 5.80. The molecule has 0 aliphatic heterocycles. The van der Waals surface area contributed by atoms with Crippen LogP contribution in [0.4, 0.5) is 0 Å². The van der Waals surface area contributed by atoms with Gasteiger partial charge in [0.05, 0.1) is 13.2 Å². The summed E-state index contributed by atoms with van der Waals surface area (Å²) in [6, 6.07) is 3.53. The molecule has 1 heterocycles. The van der Waals surface area contributed by atoms with E-state index in [0.717, 1.165) is 12.2 Å². The fourth-order valence-electron chi connectivity index (χ4n) is 1.46. The van der Waals surface area contributed by atoms with Gasteiger partial charge < -0.3 is 19.2 Å². The lowest BCUT2D eigenvalue weighted by Crippen LogP contribution is -2.14. The van der Waals surface area contributed by atoms with Crippen molar-refractivity contribution in [1.82, 2.24) is 0 Å². The van der Waals surface area contributed by atoms with Gasteiger partial charge in [-0.2, -0.15) is 0 Å². The van der Waals surface area contributed by atoms with E-state index in [1.54, 1.807) is 19.9 Å². The molecule has 0 spiro atoms. The van der Waals surface area contributed by atoms with Gasteiger partial charge in [0.2, 0.25) is 0 Å². The van der Waals surface area contributed by atoms with Crippen molar-refractivity contribution in [2.75, 3.05) is 13.2 Å². The second kappa shape index (κ2) is 6.36. The molecular weight excluding hydrogens is 241 g/mol. The normalized spacial score (nSPS) is 13.9. The molecule has 0 amide bonds. The summed E-state index contributed by atoms with van der Waals surface area (Å²) >= 11 is 0. The van der Waals surface area contributed by atoms with E-state index >= 15 is 0 Å². The topological polar surface area (TPSA) is 74.7 Å². The summed E-state index contributed by atoms with van der Waals surface area (Å²) in [5.41, 5.74) is 5.91. The summed E-state index contributed by atoms with van der Waals surface area (Å²) in [5, 5.41) is 0. The summed E-state index contributed by atoms with van der Waals surface area (Å²) in [5.74, 6) is 0.366. The predicted molar refractivity (Wildman–Crippen MR) is 65.9 cm³/mol. The molecular formula is C11H20NO4P. The first-order valence-corrected chi connectivity index (χ1v) is 7.41. The lowest BCUT2D eigenvalue weighted by atomic mass is 10.3. The van der Waals surface area contributed by atoms with Gasteiger partial charge in [-0.05, 0) is 26.0 Å². The number of furan rings is 1. The smallest absolute Gasteiger partial charge is 0.354 e. The van der Waals surface area contributed by atoms with Gasteiger partial charge >= 0.3 is 7.60 Å². The molecule has 0 saturated carbocycles. The first kappa shape index (κ1) is 14.5. The molecule has 6 heteroatoms. The third-order valence-electron chi connectivity index (χ3n) is 2.28. The molecule has 0 aliphatic rings. The maximum Gasteiger partial charge on any atom is 0.354 e. The standard InChI is InChI=1S/C11H20NO4P/c1-4-9-7-8-10(16-9)11(12)17(13,14-5-2)15-6-3/h7-8,11H,4-6,12H2,1-3H3/t11-/m1/s1. The quantitative estimate of drug-likeness (QED) is 0.763. The summed E-state index contributed by atoms with van der Waals surface area (Å²) in [7, 11) is -3.35. The van der Waals surface area contributed by atoms with Crippen molar-refractivity contribution < 1.29 is 18.0 Å². The zero-order chi connectivity index (χ0) is 12.9. The van der Waals surface area contributed by atoms with Gasteiger partial charge in [0.1, 0.15) is 11.5 Å². The van der Waals surface area contributed by atoms with E-state index in [-0.39, 0.29) is 13.2 Å². The largest absolute Gasteiger partial charge is 0.464 e. The monoisotopic (exact) mass is 261 g/mol. The molecule has 2 N–H and O–H groups in total. The molecule has 1 rings (SSSR count). The highest BCUT2D eigenvalue weighted by molar-refractivity contribution is 7.54. The molecule has 1 aromatic rings. The van der Waals surface area contributed by atoms with Crippen LogP contribution in [0, 0.1) is 0 Å². The first-order chi connectivity index (χ1) is 8.07. The molecule has 5 nitrogen and oxygen atoms in total. The van der Waals surface area contributed by atoms with Gasteiger partial charge in [-0.25, -0.2) is 0 Å². The molecule has 1 aromatic heterocycles. The van der Waals surface area contributed by atoms with Gasteiger partial charge in [0, 0.05) is 6.42 Å². The highest BCUT2D eigenvalue weighted by Crippen LogP contribution is 2.58. The SMILES string of the molecule is CCOP(=O)(OCC)[C@@H](N)c1ccc(CC)o1. The van der Waals surface area contributed by atoms with Gasteiger partial charge in [-0.3, -0.25) is 4.57 Å². The van der Waals surface area contributed by atoms with E-state index in [0.29, 0.717) is 5.76 Å². The van der Waals surface area contributed by atoms with Gasteiger partial charge in [0.15, 0.2) is 5.78 Å². The van der Waals surface area contributed by atoms with Gasteiger partial charge in [0.25, 0.3) is 0 Å². The minimum atomic E-state index is -3.35. The Balaban J connectivity index is 2.90. The molecule has 0 unspecified atom stereocenters. The van der Waals surface area contributed by atoms with Gasteiger partial charge in [-0.1, -0.05) is 6.92 Å². The number of rotatable bonds is 7. The van der Waals surface area contributed by atoms with E-state index in [9.17, 15) is 4.57 Å². The van der Waals surface area contributed by atoms with Crippen LogP contribution in [0.3, 0.4) is 0 Å². The molecule has 0 aromatic carbocycles. The van der Waals surface area contributed by atoms with Crippen LogP contribution in [0.15, 0.2) is 16.5 Å². The Kier molecular flexibility index (Phi) is 5.40. The van der Waals surface area contributed by atoms with Gasteiger partial charge in [-0.15, -0.1) is 0 Å². The molecule has 17 heavy (non-hydrogen) atoms. The Labute approximate surface area is 102 Å². The van der Waals surface area contributed by atoms with Crippen molar-refractivity contribution in [2.24, 2.45) is 5.73 Å². The molecule has 0 fully saturated rings. The van der Waals surface area contributed by atoms with E-state index in [4.69, 9.17) is 19.2 Å². The van der Waals surface area contributed by atoms with Crippen molar-refractivity contribution in [2.45, 2.75) is 33.0 Å². The van der Waals surface area contributed by atoms with Crippen LogP contribution in [0.5, 0.6) is 0 Å². The lowest BCUT2D eigenvalue weighted by molar-refractivity contribution is 0.209. The van der Waals surface area contributed by atoms with Crippen molar-refractivity contribution in [1.29, 1.82) is 0 Å². The van der Waals surface area contributed by atoms with Crippen LogP contribution < -0.4 is 5.73 Å². The molecule has 98 valence electrons. The third-order valence-corrected chi connectivity index (χ3v) is 4.45. The van der Waals surface area contributed by atoms with Crippen LogP contribution in [0.25, 0.3) is 0 Å². The van der Waals surface area contributed by atoms with Crippen LogP contribution in [0.1, 0.15) is 38.1 Å². The number of hydrogen-bond donors (Lipinski definition) is 1. The van der Waals surface area contributed by atoms with Crippen molar-refractivity contribution in [3.63, 3.8) is 0 Å². The average Bonchev–Trinajstić information content (AvgIpc) is 2.77. The van der Waals surface area contributed by atoms with E-state index < -0.39 is 13.4 Å². The highest BCUT2D eigenvalue weighted by Gasteiger charge is 2.36. The fourth-order valence-corrected chi connectivity index (χ4v) is 3.02. The summed E-state index contributed by atoms with van der Waals surface area (Å²) in [6.07, 6.45) is 0.764. The van der Waals surface area contributed by atoms with Crippen LogP contribution in [-0.2, 0) is 20.0 Å². The Hall–Kier alpha value is -0.610. The predicted octanol–water partition coefficient (Wildman–Crippen LogP) is 3.07. The Bertz CT molecular complexity index is 381. The number of aryl methyl sites for hydroxylation is 1. The Morgan fingerprint density at radius 2 is 1.88 bits per heavy atom. The fraction of sp³-hybridized carbons (Fsp3) is 0.636. The summed E-state index contributed by atoms with van der Waals surface area (Å²) in [6.45, 7) is 6.04. The minimum absolute atomic E-state index is 0.284. The molecule has 0 aliphatic carbocycles. The zero-order valence-electron chi connectivity index (χ0n) is 10.5. The summed E-state index contributed by atoms with van der Waals surface area (Å²) < 4.78 is 28.2. The maximum absolute atomic E-state index is 12.4. The third kappa shape index (κ3) is 3.42. The minimum Gasteiger partial charge on any atom is -0.464 e. The molecule has 0 saturated heterocycles. The van der Waals surface area contributed by atoms with E-state index in [2.05, 4.69) is 0 Å². The Morgan fingerprint density at radius 3 is 2.29 bits per heavy atom. The lowest BCUT2D eigenvalue weighted by Gasteiger charge is -2.21. The van der Waals surface area contributed by atoms with Crippen molar-refractivity contribution in [3.05, 3.63) is 23.7 Å². The van der Waals surface area contributed by atoms with Crippen LogP contribution in [-0.4, -0.2) is 13.2 Å². The highest BCUT2D eigenvalue weighted by atomic mass is 31.2. The zero-order valence-corrected chi connectivity index (χ0v) is 11.4. The second-order valence-corrected chi connectivity index (χ2v) is 5.63. The van der Waals surface area contributed by atoms with Crippen molar-refractivity contribution >= 4 is 7.60 Å². The van der Waals surface area contributed by atoms with Crippen LogP contribution >= 0.6 is 7.60 Å². The van der Waals surface area contributed by atoms with E-state index in [1.165, 1.54) is 0 Å². The van der Waals surface area contributed by atoms with Crippen LogP contribution in [0.2, 0.25) is 0 Å². The molecule has 1 atom stereocenters. The van der Waals surface area contributed by atoms with Crippen molar-refractivity contribution in [3.8, 4) is 0 Å². The molecule has 0 bridgehead atoms.